The first-order valence-corrected chi connectivity index (χ1v) is 7.08. The summed E-state index contributed by atoms with van der Waals surface area (Å²) in [6, 6.07) is 7.56. The summed E-state index contributed by atoms with van der Waals surface area (Å²) in [7, 11) is 0. The van der Waals surface area contributed by atoms with E-state index >= 15 is 0 Å². The molecule has 4 nitrogen and oxygen atoms in total. The van der Waals surface area contributed by atoms with Crippen LogP contribution in [0.5, 0.6) is 0 Å². The number of hydrogen-bond donors (Lipinski definition) is 1. The fourth-order valence-electron chi connectivity index (χ4n) is 2.22. The van der Waals surface area contributed by atoms with E-state index < -0.39 is 6.10 Å². The summed E-state index contributed by atoms with van der Waals surface area (Å²) in [4.78, 5) is 27.3. The summed E-state index contributed by atoms with van der Waals surface area (Å²) in [6.07, 6.45) is 1.18. The number of para-hydroxylation sites is 1. The van der Waals surface area contributed by atoms with Gasteiger partial charge >= 0.3 is 5.97 Å². The van der Waals surface area contributed by atoms with Gasteiger partial charge in [0.05, 0.1) is 6.42 Å². The number of fused-ring (bicyclic) bond motifs is 1. The van der Waals surface area contributed by atoms with E-state index in [2.05, 4.69) is 4.98 Å². The van der Waals surface area contributed by atoms with E-state index in [4.69, 9.17) is 4.74 Å². The van der Waals surface area contributed by atoms with Gasteiger partial charge in [0.25, 0.3) is 0 Å². The summed E-state index contributed by atoms with van der Waals surface area (Å²) in [6.45, 7) is 7.49. The van der Waals surface area contributed by atoms with Gasteiger partial charge in [-0.15, -0.1) is 0 Å². The Kier molecular flexibility index (Phi) is 4.16. The predicted octanol–water partition coefficient (Wildman–Crippen LogP) is 3.72. The predicted molar refractivity (Wildman–Crippen MR) is 82.3 cm³/mol. The molecule has 0 aliphatic carbocycles. The van der Waals surface area contributed by atoms with Crippen molar-refractivity contribution >= 4 is 22.7 Å². The second-order valence-corrected chi connectivity index (χ2v) is 6.48. The molecule has 0 amide bonds. The van der Waals surface area contributed by atoms with E-state index in [0.29, 0.717) is 12.0 Å². The Balaban J connectivity index is 2.11. The minimum Gasteiger partial charge on any atom is -0.454 e. The van der Waals surface area contributed by atoms with Crippen molar-refractivity contribution in [2.75, 3.05) is 0 Å². The summed E-state index contributed by atoms with van der Waals surface area (Å²) in [5, 5.41) is 0.848. The maximum Gasteiger partial charge on any atom is 0.307 e. The van der Waals surface area contributed by atoms with E-state index in [1.807, 2.05) is 45.0 Å². The third-order valence-corrected chi connectivity index (χ3v) is 3.21. The summed E-state index contributed by atoms with van der Waals surface area (Å²) in [5.74, 6) is -0.530. The normalized spacial score (nSPS) is 13.1. The summed E-state index contributed by atoms with van der Waals surface area (Å²) in [5.41, 5.74) is 1.30. The van der Waals surface area contributed by atoms with Crippen molar-refractivity contribution in [3.8, 4) is 0 Å². The summed E-state index contributed by atoms with van der Waals surface area (Å²) < 4.78 is 5.26. The minimum atomic E-state index is -0.779. The van der Waals surface area contributed by atoms with Gasteiger partial charge in [0, 0.05) is 22.7 Å². The molecule has 0 spiro atoms. The maximum atomic E-state index is 12.4. The van der Waals surface area contributed by atoms with Crippen molar-refractivity contribution in [2.45, 2.75) is 40.2 Å². The van der Waals surface area contributed by atoms with Crippen LogP contribution in [0.2, 0.25) is 0 Å². The molecule has 0 saturated heterocycles. The Labute approximate surface area is 124 Å². The van der Waals surface area contributed by atoms with Gasteiger partial charge in [-0.25, -0.2) is 0 Å². The van der Waals surface area contributed by atoms with Crippen LogP contribution in [0.25, 0.3) is 10.9 Å². The molecule has 112 valence electrons. The van der Waals surface area contributed by atoms with E-state index in [-0.39, 0.29) is 17.2 Å². The molecule has 0 aliphatic heterocycles. The minimum absolute atomic E-state index is 0.152. The van der Waals surface area contributed by atoms with Crippen LogP contribution in [0.1, 0.15) is 44.5 Å². The van der Waals surface area contributed by atoms with Gasteiger partial charge < -0.3 is 9.72 Å². The number of H-pyrrole nitrogens is 1. The molecule has 2 rings (SSSR count). The van der Waals surface area contributed by atoms with Crippen molar-refractivity contribution < 1.29 is 14.3 Å². The molecule has 0 bridgehead atoms. The SMILES string of the molecule is C[C@H](OC(=O)CC(C)(C)C)C(=O)c1c[nH]c2ccccc12. The van der Waals surface area contributed by atoms with Crippen molar-refractivity contribution in [3.05, 3.63) is 36.0 Å². The molecule has 21 heavy (non-hydrogen) atoms. The highest BCUT2D eigenvalue weighted by Crippen LogP contribution is 2.22. The number of rotatable bonds is 4. The first-order chi connectivity index (χ1) is 9.78. The van der Waals surface area contributed by atoms with Crippen molar-refractivity contribution in [3.63, 3.8) is 0 Å². The van der Waals surface area contributed by atoms with E-state index in [1.165, 1.54) is 0 Å². The van der Waals surface area contributed by atoms with Gasteiger partial charge in [-0.05, 0) is 18.4 Å². The van der Waals surface area contributed by atoms with E-state index in [1.54, 1.807) is 13.1 Å². The molecule has 2 aromatic rings. The van der Waals surface area contributed by atoms with Gasteiger partial charge in [0.1, 0.15) is 0 Å². The molecule has 1 N–H and O–H groups in total. The molecular weight excluding hydrogens is 266 g/mol. The number of nitrogens with one attached hydrogen (secondary N) is 1. The molecule has 0 radical (unpaired) electrons. The number of benzene rings is 1. The molecule has 0 saturated carbocycles. The van der Waals surface area contributed by atoms with Crippen LogP contribution in [0.3, 0.4) is 0 Å². The highest BCUT2D eigenvalue weighted by atomic mass is 16.5. The largest absolute Gasteiger partial charge is 0.454 e. The maximum absolute atomic E-state index is 12.4. The molecule has 1 atom stereocenters. The average molecular weight is 287 g/mol. The van der Waals surface area contributed by atoms with Crippen molar-refractivity contribution in [1.29, 1.82) is 0 Å². The highest BCUT2D eigenvalue weighted by Gasteiger charge is 2.24. The van der Waals surface area contributed by atoms with Crippen LogP contribution in [0.15, 0.2) is 30.5 Å². The zero-order valence-corrected chi connectivity index (χ0v) is 12.9. The monoisotopic (exact) mass is 287 g/mol. The number of carbonyl (C=O) groups excluding carboxylic acids is 2. The number of carbonyl (C=O) groups is 2. The fourth-order valence-corrected chi connectivity index (χ4v) is 2.22. The number of hydrogen-bond acceptors (Lipinski definition) is 3. The lowest BCUT2D eigenvalue weighted by molar-refractivity contribution is -0.148. The number of aromatic amines is 1. The van der Waals surface area contributed by atoms with Crippen LogP contribution in [-0.2, 0) is 9.53 Å². The molecule has 0 aliphatic rings. The van der Waals surface area contributed by atoms with E-state index in [9.17, 15) is 9.59 Å². The first kappa shape index (κ1) is 15.3. The van der Waals surface area contributed by atoms with Gasteiger partial charge in [0.2, 0.25) is 5.78 Å². The third-order valence-electron chi connectivity index (χ3n) is 3.21. The lowest BCUT2D eigenvalue weighted by Gasteiger charge is -2.18. The Morgan fingerprint density at radius 1 is 1.24 bits per heavy atom. The van der Waals surface area contributed by atoms with E-state index in [0.717, 1.165) is 10.9 Å². The van der Waals surface area contributed by atoms with Gasteiger partial charge in [-0.2, -0.15) is 0 Å². The average Bonchev–Trinajstić information content (AvgIpc) is 2.79. The number of ketones is 1. The first-order valence-electron chi connectivity index (χ1n) is 7.08. The van der Waals surface area contributed by atoms with Crippen molar-refractivity contribution in [2.24, 2.45) is 5.41 Å². The Morgan fingerprint density at radius 3 is 2.57 bits per heavy atom. The lowest BCUT2D eigenvalue weighted by atomic mass is 9.92. The zero-order chi connectivity index (χ0) is 15.6. The van der Waals surface area contributed by atoms with Gasteiger partial charge in [-0.1, -0.05) is 39.0 Å². The van der Waals surface area contributed by atoms with Crippen LogP contribution in [0, 0.1) is 5.41 Å². The Bertz CT molecular complexity index is 664. The standard InChI is InChI=1S/C17H21NO3/c1-11(21-15(19)9-17(2,3)4)16(20)13-10-18-14-8-6-5-7-12(13)14/h5-8,10-11,18H,9H2,1-4H3/t11-/m0/s1. The Hall–Kier alpha value is -2.10. The number of aromatic nitrogens is 1. The van der Waals surface area contributed by atoms with Crippen LogP contribution >= 0.6 is 0 Å². The molecular formula is C17H21NO3. The molecule has 1 heterocycles. The van der Waals surface area contributed by atoms with Crippen molar-refractivity contribution in [1.82, 2.24) is 4.98 Å². The summed E-state index contributed by atoms with van der Waals surface area (Å²) >= 11 is 0. The molecule has 1 aromatic carbocycles. The molecule has 4 heteroatoms. The molecule has 0 fully saturated rings. The topological polar surface area (TPSA) is 59.2 Å². The second kappa shape index (κ2) is 5.72. The lowest BCUT2D eigenvalue weighted by Crippen LogP contribution is -2.26. The number of Topliss-reactive ketones (excluding diaryl/α,β-unsaturated/α-hetero) is 1. The van der Waals surface area contributed by atoms with Crippen LogP contribution < -0.4 is 0 Å². The quantitative estimate of drug-likeness (QED) is 0.688. The third kappa shape index (κ3) is 3.72. The van der Waals surface area contributed by atoms with Crippen LogP contribution in [0.4, 0.5) is 0 Å². The smallest absolute Gasteiger partial charge is 0.307 e. The zero-order valence-electron chi connectivity index (χ0n) is 12.9. The number of ether oxygens (including phenoxy) is 1. The number of esters is 1. The second-order valence-electron chi connectivity index (χ2n) is 6.48. The van der Waals surface area contributed by atoms with Gasteiger partial charge in [0.15, 0.2) is 6.10 Å². The highest BCUT2D eigenvalue weighted by molar-refractivity contribution is 6.10. The Morgan fingerprint density at radius 2 is 1.90 bits per heavy atom. The van der Waals surface area contributed by atoms with Gasteiger partial charge in [-0.3, -0.25) is 9.59 Å². The fraction of sp³-hybridized carbons (Fsp3) is 0.412. The van der Waals surface area contributed by atoms with Crippen LogP contribution in [-0.4, -0.2) is 22.8 Å². The molecule has 1 aromatic heterocycles. The molecule has 0 unspecified atom stereocenters.